The van der Waals surface area contributed by atoms with Crippen molar-refractivity contribution in [2.75, 3.05) is 6.61 Å². The standard InChI is InChI=1S/C17H30O7.3Na.3H/c1-2-3-4-5-6-7-8-9-10-11-12-17(15(20)21,16(22)23)24-13-14(18)19;;;;;;/h2-13H2,1H3,(H,18,19)(H,20,21)(H,22,23);;;;;;/q;3*+1;3*-1. The van der Waals surface area contributed by atoms with Gasteiger partial charge < -0.3 is 24.3 Å². The smallest absolute Gasteiger partial charge is 1.00 e. The minimum atomic E-state index is -2.47. The molecule has 0 rings (SSSR count). The summed E-state index contributed by atoms with van der Waals surface area (Å²) in [5.41, 5.74) is -2.47. The Labute approximate surface area is 232 Å². The van der Waals surface area contributed by atoms with E-state index in [1.165, 1.54) is 32.1 Å². The van der Waals surface area contributed by atoms with Gasteiger partial charge in [-0.25, -0.2) is 14.4 Å². The van der Waals surface area contributed by atoms with E-state index in [-0.39, 0.29) is 99.4 Å². The van der Waals surface area contributed by atoms with Crippen molar-refractivity contribution >= 4 is 17.9 Å². The van der Waals surface area contributed by atoms with Crippen LogP contribution in [0.1, 0.15) is 81.8 Å². The number of unbranched alkanes of at least 4 members (excludes halogenated alkanes) is 9. The van der Waals surface area contributed by atoms with Crippen LogP contribution in [-0.4, -0.2) is 45.4 Å². The second kappa shape index (κ2) is 22.1. The maximum absolute atomic E-state index is 11.3. The maximum Gasteiger partial charge on any atom is 1.00 e. The van der Waals surface area contributed by atoms with Crippen molar-refractivity contribution < 1.29 is 127 Å². The first-order valence-corrected chi connectivity index (χ1v) is 8.69. The van der Waals surface area contributed by atoms with Crippen LogP contribution in [-0.2, 0) is 19.1 Å². The van der Waals surface area contributed by atoms with Crippen LogP contribution in [0, 0.1) is 0 Å². The summed E-state index contributed by atoms with van der Waals surface area (Å²) < 4.78 is 4.70. The van der Waals surface area contributed by atoms with Gasteiger partial charge in [-0.05, 0) is 12.8 Å². The van der Waals surface area contributed by atoms with E-state index in [9.17, 15) is 14.4 Å². The fourth-order valence-electron chi connectivity index (χ4n) is 2.55. The summed E-state index contributed by atoms with van der Waals surface area (Å²) in [6.07, 6.45) is 10.1. The molecule has 10 heteroatoms. The van der Waals surface area contributed by atoms with Gasteiger partial charge in [0.1, 0.15) is 6.61 Å². The molecule has 0 radical (unpaired) electrons. The molecule has 0 aromatic carbocycles. The zero-order chi connectivity index (χ0) is 18.4. The summed E-state index contributed by atoms with van der Waals surface area (Å²) in [6, 6.07) is 0. The quantitative estimate of drug-likeness (QED) is 0.130. The Morgan fingerprint density at radius 3 is 1.44 bits per heavy atom. The van der Waals surface area contributed by atoms with E-state index in [1.54, 1.807) is 0 Å². The molecule has 0 aromatic rings. The van der Waals surface area contributed by atoms with E-state index in [0.717, 1.165) is 19.3 Å². The predicted octanol–water partition coefficient (Wildman–Crippen LogP) is -5.34. The van der Waals surface area contributed by atoms with Gasteiger partial charge in [-0.15, -0.1) is 0 Å². The number of hydrogen-bond donors (Lipinski definition) is 3. The fourth-order valence-corrected chi connectivity index (χ4v) is 2.55. The van der Waals surface area contributed by atoms with Gasteiger partial charge in [0.25, 0.3) is 5.60 Å². The van der Waals surface area contributed by atoms with Crippen LogP contribution in [0.25, 0.3) is 0 Å². The number of hydrogen-bond acceptors (Lipinski definition) is 4. The van der Waals surface area contributed by atoms with E-state index in [1.807, 2.05) is 0 Å². The van der Waals surface area contributed by atoms with Gasteiger partial charge in [0, 0.05) is 0 Å². The molecule has 0 fully saturated rings. The van der Waals surface area contributed by atoms with Crippen LogP contribution >= 0.6 is 0 Å². The third kappa shape index (κ3) is 16.8. The maximum atomic E-state index is 11.3. The Morgan fingerprint density at radius 1 is 0.741 bits per heavy atom. The molecule has 0 unspecified atom stereocenters. The minimum Gasteiger partial charge on any atom is -1.00 e. The predicted molar refractivity (Wildman–Crippen MR) is 91.4 cm³/mol. The van der Waals surface area contributed by atoms with E-state index < -0.39 is 30.1 Å². The topological polar surface area (TPSA) is 121 Å². The number of aliphatic carboxylic acids is 3. The summed E-state index contributed by atoms with van der Waals surface area (Å²) >= 11 is 0. The zero-order valence-electron chi connectivity index (χ0n) is 20.5. The summed E-state index contributed by atoms with van der Waals surface area (Å²) in [6.45, 7) is 1.23. The van der Waals surface area contributed by atoms with E-state index in [0.29, 0.717) is 12.8 Å². The molecule has 0 atom stereocenters. The number of rotatable bonds is 16. The monoisotopic (exact) mass is 418 g/mol. The van der Waals surface area contributed by atoms with E-state index in [2.05, 4.69) is 6.92 Å². The van der Waals surface area contributed by atoms with Gasteiger partial charge in [0.2, 0.25) is 0 Å². The second-order valence-corrected chi connectivity index (χ2v) is 6.05. The molecule has 0 aliphatic rings. The minimum absolute atomic E-state index is 0. The summed E-state index contributed by atoms with van der Waals surface area (Å²) in [7, 11) is 0. The molecule has 0 saturated heterocycles. The number of carbonyl (C=O) groups is 3. The van der Waals surface area contributed by atoms with Crippen molar-refractivity contribution in [1.29, 1.82) is 0 Å². The Morgan fingerprint density at radius 2 is 1.11 bits per heavy atom. The summed E-state index contributed by atoms with van der Waals surface area (Å²) in [5, 5.41) is 26.9. The van der Waals surface area contributed by atoms with Crippen molar-refractivity contribution in [3.63, 3.8) is 0 Å². The van der Waals surface area contributed by atoms with Crippen molar-refractivity contribution in [2.45, 2.75) is 83.2 Å². The van der Waals surface area contributed by atoms with Crippen LogP contribution in [0.15, 0.2) is 0 Å². The Hall–Kier alpha value is 1.37. The van der Waals surface area contributed by atoms with Gasteiger partial charge in [-0.1, -0.05) is 64.7 Å². The molecule has 27 heavy (non-hydrogen) atoms. The molecule has 3 N–H and O–H groups in total. The third-order valence-corrected chi connectivity index (χ3v) is 4.02. The molecule has 0 bridgehead atoms. The van der Waals surface area contributed by atoms with Gasteiger partial charge in [0.05, 0.1) is 0 Å². The number of carboxylic acid groups (broad SMARTS) is 3. The molecule has 0 spiro atoms. The van der Waals surface area contributed by atoms with Crippen LogP contribution < -0.4 is 88.7 Å². The average Bonchev–Trinajstić information content (AvgIpc) is 2.51. The third-order valence-electron chi connectivity index (χ3n) is 4.02. The van der Waals surface area contributed by atoms with Crippen molar-refractivity contribution in [3.8, 4) is 0 Å². The molecular weight excluding hydrogens is 385 g/mol. The first-order chi connectivity index (χ1) is 11.4. The fraction of sp³-hybridized carbons (Fsp3) is 0.824. The van der Waals surface area contributed by atoms with Crippen LogP contribution in [0.4, 0.5) is 0 Å². The van der Waals surface area contributed by atoms with Crippen molar-refractivity contribution in [3.05, 3.63) is 0 Å². The van der Waals surface area contributed by atoms with Crippen molar-refractivity contribution in [1.82, 2.24) is 0 Å². The Bertz CT molecular complexity index is 406. The van der Waals surface area contributed by atoms with Crippen LogP contribution in [0.3, 0.4) is 0 Å². The summed E-state index contributed by atoms with van der Waals surface area (Å²) in [4.78, 5) is 33.1. The normalized spacial score (nSPS) is 10.1. The van der Waals surface area contributed by atoms with Crippen LogP contribution in [0.2, 0.25) is 0 Å². The molecule has 0 amide bonds. The van der Waals surface area contributed by atoms with Gasteiger partial charge >= 0.3 is 107 Å². The van der Waals surface area contributed by atoms with E-state index in [4.69, 9.17) is 20.1 Å². The van der Waals surface area contributed by atoms with Gasteiger partial charge in [-0.2, -0.15) is 0 Å². The van der Waals surface area contributed by atoms with Gasteiger partial charge in [0.15, 0.2) is 0 Å². The summed E-state index contributed by atoms with van der Waals surface area (Å²) in [5.74, 6) is -4.72. The van der Waals surface area contributed by atoms with Crippen molar-refractivity contribution in [2.24, 2.45) is 0 Å². The number of carboxylic acids is 3. The molecule has 0 aromatic heterocycles. The molecule has 0 heterocycles. The largest absolute Gasteiger partial charge is 1.00 e. The molecule has 0 aliphatic carbocycles. The SMILES string of the molecule is CCCCCCCCCCCCC(OCC(=O)O)(C(=O)O)C(=O)O.[H-].[H-].[H-].[Na+].[Na+].[Na+]. The average molecular weight is 418 g/mol. The molecule has 0 saturated carbocycles. The zero-order valence-corrected chi connectivity index (χ0v) is 23.5. The molecule has 7 nitrogen and oxygen atoms in total. The Balaban J connectivity index is -0.000000176. The first-order valence-electron chi connectivity index (χ1n) is 8.69. The molecule has 146 valence electrons. The number of ether oxygens (including phenoxy) is 1. The van der Waals surface area contributed by atoms with Gasteiger partial charge in [-0.3, -0.25) is 0 Å². The molecule has 0 aliphatic heterocycles. The second-order valence-electron chi connectivity index (χ2n) is 6.05. The van der Waals surface area contributed by atoms with Crippen LogP contribution in [0.5, 0.6) is 0 Å². The van der Waals surface area contributed by atoms with E-state index >= 15 is 0 Å². The molecular formula is C17H33Na3O7. The Kier molecular flexibility index (Phi) is 29.2. The first kappa shape index (κ1) is 35.8.